The molecule has 3 aliphatic rings. The summed E-state index contributed by atoms with van der Waals surface area (Å²) >= 11 is 0. The molecule has 2 heterocycles. The van der Waals surface area contributed by atoms with Crippen LogP contribution in [0.5, 0.6) is 0 Å². The summed E-state index contributed by atoms with van der Waals surface area (Å²) in [5.41, 5.74) is 0. The van der Waals surface area contributed by atoms with Gasteiger partial charge in [0.25, 0.3) is 0 Å². The van der Waals surface area contributed by atoms with E-state index in [1.165, 1.54) is 19.3 Å². The SMILES string of the molecule is O=C(CN1C(C(=O)O)CC2CCCCC21)Nc1ccnn1C1CCCC1. The highest BCUT2D eigenvalue weighted by molar-refractivity contribution is 5.92. The zero-order valence-electron chi connectivity index (χ0n) is 15.1. The number of hydrogen-bond donors (Lipinski definition) is 2. The number of rotatable bonds is 5. The van der Waals surface area contributed by atoms with Gasteiger partial charge in [-0.2, -0.15) is 5.10 Å². The molecule has 2 aliphatic carbocycles. The minimum absolute atomic E-state index is 0.137. The van der Waals surface area contributed by atoms with Gasteiger partial charge in [0, 0.05) is 12.1 Å². The lowest BCUT2D eigenvalue weighted by molar-refractivity contribution is -0.143. The first-order chi connectivity index (χ1) is 12.6. The average molecular weight is 360 g/mol. The van der Waals surface area contributed by atoms with Gasteiger partial charge in [0.1, 0.15) is 11.9 Å². The number of carbonyl (C=O) groups is 2. The van der Waals surface area contributed by atoms with Gasteiger partial charge in [0.15, 0.2) is 0 Å². The van der Waals surface area contributed by atoms with Gasteiger partial charge < -0.3 is 10.4 Å². The van der Waals surface area contributed by atoms with E-state index in [4.69, 9.17) is 0 Å². The van der Waals surface area contributed by atoms with Crippen molar-refractivity contribution in [3.63, 3.8) is 0 Å². The Morgan fingerprint density at radius 1 is 1.15 bits per heavy atom. The first-order valence-electron chi connectivity index (χ1n) is 9.95. The molecule has 0 spiro atoms. The fraction of sp³-hybridized carbons (Fsp3) is 0.737. The van der Waals surface area contributed by atoms with Crippen LogP contribution in [0, 0.1) is 5.92 Å². The molecule has 0 aromatic carbocycles. The van der Waals surface area contributed by atoms with Crippen molar-refractivity contribution in [1.82, 2.24) is 14.7 Å². The number of carboxylic acids is 1. The number of nitrogens with one attached hydrogen (secondary N) is 1. The van der Waals surface area contributed by atoms with E-state index in [0.29, 0.717) is 18.4 Å². The maximum Gasteiger partial charge on any atom is 0.320 e. The molecule has 3 atom stereocenters. The monoisotopic (exact) mass is 360 g/mol. The maximum atomic E-state index is 12.7. The Morgan fingerprint density at radius 3 is 2.65 bits per heavy atom. The van der Waals surface area contributed by atoms with Gasteiger partial charge in [-0.25, -0.2) is 4.68 Å². The van der Waals surface area contributed by atoms with Crippen LogP contribution in [0.2, 0.25) is 0 Å². The third-order valence-electron chi connectivity index (χ3n) is 6.44. The van der Waals surface area contributed by atoms with E-state index < -0.39 is 12.0 Å². The summed E-state index contributed by atoms with van der Waals surface area (Å²) < 4.78 is 1.92. The van der Waals surface area contributed by atoms with Gasteiger partial charge in [-0.1, -0.05) is 25.7 Å². The topological polar surface area (TPSA) is 87.5 Å². The average Bonchev–Trinajstić information content (AvgIpc) is 3.34. The van der Waals surface area contributed by atoms with Crippen LogP contribution in [-0.4, -0.2) is 50.3 Å². The molecular formula is C19H28N4O3. The third kappa shape index (κ3) is 3.37. The molecule has 2 N–H and O–H groups in total. The molecule has 1 saturated heterocycles. The van der Waals surface area contributed by atoms with E-state index in [1.807, 2.05) is 15.6 Å². The number of aliphatic carboxylic acids is 1. The molecule has 1 aromatic heterocycles. The summed E-state index contributed by atoms with van der Waals surface area (Å²) in [6.45, 7) is 0.147. The smallest absolute Gasteiger partial charge is 0.320 e. The third-order valence-corrected chi connectivity index (χ3v) is 6.44. The summed E-state index contributed by atoms with van der Waals surface area (Å²) in [5.74, 6) is 0.209. The molecule has 3 fully saturated rings. The summed E-state index contributed by atoms with van der Waals surface area (Å²) in [5, 5.41) is 17.0. The number of carbonyl (C=O) groups excluding carboxylic acids is 1. The zero-order chi connectivity index (χ0) is 18.1. The molecule has 7 nitrogen and oxygen atoms in total. The van der Waals surface area contributed by atoms with Gasteiger partial charge in [-0.05, 0) is 38.0 Å². The van der Waals surface area contributed by atoms with Crippen molar-refractivity contribution in [2.45, 2.75) is 75.9 Å². The van der Waals surface area contributed by atoms with Crippen LogP contribution in [0.3, 0.4) is 0 Å². The predicted octanol–water partition coefficient (Wildman–Crippen LogP) is 2.65. The summed E-state index contributed by atoms with van der Waals surface area (Å²) in [6.07, 6.45) is 11.4. The molecule has 0 bridgehead atoms. The Kier molecular flexibility index (Phi) is 4.98. The highest BCUT2D eigenvalue weighted by Crippen LogP contribution is 2.39. The van der Waals surface area contributed by atoms with Crippen molar-refractivity contribution in [2.24, 2.45) is 5.92 Å². The number of amides is 1. The van der Waals surface area contributed by atoms with Gasteiger partial charge in [-0.3, -0.25) is 14.5 Å². The summed E-state index contributed by atoms with van der Waals surface area (Å²) in [7, 11) is 0. The predicted molar refractivity (Wildman–Crippen MR) is 96.9 cm³/mol. The number of fused-ring (bicyclic) bond motifs is 1. The van der Waals surface area contributed by atoms with Crippen LogP contribution in [0.1, 0.15) is 63.8 Å². The van der Waals surface area contributed by atoms with Crippen LogP contribution in [0.4, 0.5) is 5.82 Å². The van der Waals surface area contributed by atoms with Crippen molar-refractivity contribution in [3.8, 4) is 0 Å². The Bertz CT molecular complexity index is 667. The van der Waals surface area contributed by atoms with Crippen molar-refractivity contribution in [2.75, 3.05) is 11.9 Å². The number of nitrogens with zero attached hydrogens (tertiary/aromatic N) is 3. The number of aromatic nitrogens is 2. The molecule has 0 radical (unpaired) electrons. The molecular weight excluding hydrogens is 332 g/mol. The molecule has 2 saturated carbocycles. The minimum atomic E-state index is -0.803. The largest absolute Gasteiger partial charge is 0.480 e. The van der Waals surface area contributed by atoms with Crippen molar-refractivity contribution in [1.29, 1.82) is 0 Å². The number of hydrogen-bond acceptors (Lipinski definition) is 4. The molecule has 7 heteroatoms. The lowest BCUT2D eigenvalue weighted by atomic mass is 9.85. The van der Waals surface area contributed by atoms with Crippen molar-refractivity contribution < 1.29 is 14.7 Å². The molecule has 1 aliphatic heterocycles. The second-order valence-corrected chi connectivity index (χ2v) is 8.02. The van der Waals surface area contributed by atoms with Gasteiger partial charge in [-0.15, -0.1) is 0 Å². The maximum absolute atomic E-state index is 12.7. The Balaban J connectivity index is 1.44. The first-order valence-corrected chi connectivity index (χ1v) is 9.95. The standard InChI is InChI=1S/C19H28N4O3/c24-18(21-17-9-10-20-23(17)14-6-2-3-7-14)12-22-15-8-4-1-5-13(15)11-16(22)19(25)26/h9-10,13-16H,1-8,11-12H2,(H,21,24)(H,25,26). The lowest BCUT2D eigenvalue weighted by Gasteiger charge is -2.32. The first kappa shape index (κ1) is 17.5. The fourth-order valence-electron chi connectivity index (χ4n) is 5.22. The van der Waals surface area contributed by atoms with Crippen molar-refractivity contribution >= 4 is 17.7 Å². The van der Waals surface area contributed by atoms with E-state index in [2.05, 4.69) is 10.4 Å². The van der Waals surface area contributed by atoms with Gasteiger partial charge >= 0.3 is 5.97 Å². The number of anilines is 1. The Labute approximate surface area is 153 Å². The van der Waals surface area contributed by atoms with Crippen molar-refractivity contribution in [3.05, 3.63) is 12.3 Å². The Hall–Kier alpha value is -1.89. The van der Waals surface area contributed by atoms with E-state index in [9.17, 15) is 14.7 Å². The van der Waals surface area contributed by atoms with Gasteiger partial charge in [0.05, 0.1) is 18.8 Å². The summed E-state index contributed by atoms with van der Waals surface area (Å²) in [4.78, 5) is 26.3. The quantitative estimate of drug-likeness (QED) is 0.843. The van der Waals surface area contributed by atoms with Crippen LogP contribution < -0.4 is 5.32 Å². The normalized spacial score (nSPS) is 29.6. The molecule has 1 amide bonds. The second-order valence-electron chi connectivity index (χ2n) is 8.02. The number of likely N-dealkylation sites (tertiary alicyclic amines) is 1. The van der Waals surface area contributed by atoms with Gasteiger partial charge in [0.2, 0.25) is 5.91 Å². The van der Waals surface area contributed by atoms with Crippen LogP contribution in [0.25, 0.3) is 0 Å². The van der Waals surface area contributed by atoms with Crippen LogP contribution in [-0.2, 0) is 9.59 Å². The minimum Gasteiger partial charge on any atom is -0.480 e. The Morgan fingerprint density at radius 2 is 1.88 bits per heavy atom. The van der Waals surface area contributed by atoms with Crippen LogP contribution in [0.15, 0.2) is 12.3 Å². The van der Waals surface area contributed by atoms with Crippen LogP contribution >= 0.6 is 0 Å². The van der Waals surface area contributed by atoms with E-state index in [-0.39, 0.29) is 18.5 Å². The molecule has 142 valence electrons. The molecule has 26 heavy (non-hydrogen) atoms. The molecule has 4 rings (SSSR count). The zero-order valence-corrected chi connectivity index (χ0v) is 15.1. The highest BCUT2D eigenvalue weighted by Gasteiger charge is 2.45. The highest BCUT2D eigenvalue weighted by atomic mass is 16.4. The number of carboxylic acid groups (broad SMARTS) is 1. The molecule has 3 unspecified atom stereocenters. The lowest BCUT2D eigenvalue weighted by Crippen LogP contribution is -2.46. The van der Waals surface area contributed by atoms with E-state index in [0.717, 1.165) is 37.9 Å². The fourth-order valence-corrected chi connectivity index (χ4v) is 5.22. The molecule has 1 aromatic rings. The summed E-state index contributed by atoms with van der Waals surface area (Å²) in [6, 6.07) is 1.89. The second kappa shape index (κ2) is 7.39. The van der Waals surface area contributed by atoms with E-state index in [1.54, 1.807) is 6.20 Å². The van der Waals surface area contributed by atoms with E-state index >= 15 is 0 Å².